The number of unbranched alkanes of at least 4 members (excludes halogenated alkanes) is 2. The molecule has 2 nitrogen and oxygen atoms in total. The average molecular weight is 130 g/mol. The molecule has 0 saturated carbocycles. The van der Waals surface area contributed by atoms with Crippen LogP contribution in [0, 0.1) is 0 Å². The number of hydrogen-bond donors (Lipinski definition) is 1. The van der Waals surface area contributed by atoms with E-state index in [4.69, 9.17) is 5.11 Å². The maximum absolute atomic E-state index is 9.79. The second-order valence-corrected chi connectivity index (χ2v) is 2.30. The minimum Gasteiger partial charge on any atom is -0.393 e. The van der Waals surface area contributed by atoms with Gasteiger partial charge in [0.2, 0.25) is 0 Å². The zero-order valence-corrected chi connectivity index (χ0v) is 5.84. The van der Waals surface area contributed by atoms with Crippen molar-refractivity contribution in [2.75, 3.05) is 0 Å². The standard InChI is InChI=1S/C7H14O2/c1-7(9)5-3-2-4-6-8/h6-7,9H,2-5H2,1H3. The number of hydrogen-bond acceptors (Lipinski definition) is 2. The zero-order chi connectivity index (χ0) is 7.11. The molecule has 0 heterocycles. The average Bonchev–Trinajstić information content (AvgIpc) is 1.80. The Kier molecular flexibility index (Phi) is 5.52. The van der Waals surface area contributed by atoms with E-state index in [9.17, 15) is 4.79 Å². The van der Waals surface area contributed by atoms with Gasteiger partial charge in [0.1, 0.15) is 6.29 Å². The first-order chi connectivity index (χ1) is 4.27. The van der Waals surface area contributed by atoms with Crippen LogP contribution in [0.4, 0.5) is 0 Å². The fraction of sp³-hybridized carbons (Fsp3) is 0.857. The smallest absolute Gasteiger partial charge is 0.119 e. The first kappa shape index (κ1) is 8.63. The highest BCUT2D eigenvalue weighted by molar-refractivity contribution is 5.48. The maximum Gasteiger partial charge on any atom is 0.119 e. The van der Waals surface area contributed by atoms with E-state index in [1.807, 2.05) is 0 Å². The van der Waals surface area contributed by atoms with Gasteiger partial charge in [-0.3, -0.25) is 0 Å². The lowest BCUT2D eigenvalue weighted by Gasteiger charge is -1.99. The van der Waals surface area contributed by atoms with Crippen molar-refractivity contribution in [2.24, 2.45) is 0 Å². The van der Waals surface area contributed by atoms with Crippen molar-refractivity contribution < 1.29 is 9.90 Å². The van der Waals surface area contributed by atoms with Crippen LogP contribution < -0.4 is 0 Å². The monoisotopic (exact) mass is 130 g/mol. The van der Waals surface area contributed by atoms with Crippen molar-refractivity contribution in [3.8, 4) is 0 Å². The minimum atomic E-state index is -0.211. The van der Waals surface area contributed by atoms with Gasteiger partial charge in [-0.1, -0.05) is 6.42 Å². The molecule has 0 aliphatic heterocycles. The number of aliphatic hydroxyl groups excluding tert-OH is 1. The van der Waals surface area contributed by atoms with E-state index in [0.717, 1.165) is 25.5 Å². The molecule has 0 bridgehead atoms. The third-order valence-corrected chi connectivity index (χ3v) is 1.19. The Bertz CT molecular complexity index is 69.3. The Hall–Kier alpha value is -0.370. The molecule has 1 N–H and O–H groups in total. The van der Waals surface area contributed by atoms with Gasteiger partial charge in [-0.25, -0.2) is 0 Å². The number of carbonyl (C=O) groups is 1. The van der Waals surface area contributed by atoms with Gasteiger partial charge < -0.3 is 9.90 Å². The molecule has 0 saturated heterocycles. The highest BCUT2D eigenvalue weighted by Crippen LogP contribution is 2.00. The Morgan fingerprint density at radius 1 is 1.56 bits per heavy atom. The van der Waals surface area contributed by atoms with Gasteiger partial charge in [0, 0.05) is 6.42 Å². The number of aldehydes is 1. The van der Waals surface area contributed by atoms with Gasteiger partial charge in [0.15, 0.2) is 0 Å². The van der Waals surface area contributed by atoms with Crippen LogP contribution in [0.5, 0.6) is 0 Å². The van der Waals surface area contributed by atoms with E-state index in [0.29, 0.717) is 6.42 Å². The lowest BCUT2D eigenvalue weighted by Crippen LogP contribution is -1.98. The molecule has 0 spiro atoms. The second kappa shape index (κ2) is 5.76. The molecule has 0 radical (unpaired) electrons. The van der Waals surface area contributed by atoms with Crippen LogP contribution in [-0.4, -0.2) is 17.5 Å². The summed E-state index contributed by atoms with van der Waals surface area (Å²) in [5.74, 6) is 0. The number of aliphatic hydroxyl groups is 1. The summed E-state index contributed by atoms with van der Waals surface area (Å²) in [6.07, 6.45) is 4.02. The van der Waals surface area contributed by atoms with Gasteiger partial charge in [0.05, 0.1) is 6.10 Å². The Labute approximate surface area is 55.9 Å². The fourth-order valence-electron chi connectivity index (χ4n) is 0.667. The molecule has 9 heavy (non-hydrogen) atoms. The van der Waals surface area contributed by atoms with Gasteiger partial charge in [-0.15, -0.1) is 0 Å². The first-order valence-corrected chi connectivity index (χ1v) is 3.39. The quantitative estimate of drug-likeness (QED) is 0.447. The van der Waals surface area contributed by atoms with E-state index < -0.39 is 0 Å². The molecule has 0 aromatic carbocycles. The van der Waals surface area contributed by atoms with E-state index in [2.05, 4.69) is 0 Å². The number of rotatable bonds is 5. The molecule has 0 aromatic heterocycles. The van der Waals surface area contributed by atoms with Crippen molar-refractivity contribution in [1.82, 2.24) is 0 Å². The second-order valence-electron chi connectivity index (χ2n) is 2.30. The Morgan fingerprint density at radius 2 is 2.22 bits per heavy atom. The summed E-state index contributed by atoms with van der Waals surface area (Å²) in [5.41, 5.74) is 0. The van der Waals surface area contributed by atoms with Crippen molar-refractivity contribution in [3.63, 3.8) is 0 Å². The van der Waals surface area contributed by atoms with Crippen LogP contribution >= 0.6 is 0 Å². The molecule has 0 fully saturated rings. The summed E-state index contributed by atoms with van der Waals surface area (Å²) in [4.78, 5) is 9.79. The molecule has 0 aliphatic carbocycles. The summed E-state index contributed by atoms with van der Waals surface area (Å²) in [7, 11) is 0. The lowest BCUT2D eigenvalue weighted by atomic mass is 10.1. The fourth-order valence-corrected chi connectivity index (χ4v) is 0.667. The van der Waals surface area contributed by atoms with Gasteiger partial charge in [0.25, 0.3) is 0 Å². The number of carbonyl (C=O) groups excluding carboxylic acids is 1. The highest BCUT2D eigenvalue weighted by atomic mass is 16.3. The molecular weight excluding hydrogens is 116 g/mol. The summed E-state index contributed by atoms with van der Waals surface area (Å²) < 4.78 is 0. The van der Waals surface area contributed by atoms with Crippen LogP contribution in [0.2, 0.25) is 0 Å². The van der Waals surface area contributed by atoms with Crippen molar-refractivity contribution >= 4 is 6.29 Å². The van der Waals surface area contributed by atoms with Gasteiger partial charge in [-0.05, 0) is 19.8 Å². The van der Waals surface area contributed by atoms with Gasteiger partial charge >= 0.3 is 0 Å². The van der Waals surface area contributed by atoms with E-state index >= 15 is 0 Å². The first-order valence-electron chi connectivity index (χ1n) is 3.39. The van der Waals surface area contributed by atoms with E-state index in [1.165, 1.54) is 0 Å². The molecule has 1 unspecified atom stereocenters. The van der Waals surface area contributed by atoms with E-state index in [-0.39, 0.29) is 6.10 Å². The SMILES string of the molecule is CC(O)CCCCC=O. The Morgan fingerprint density at radius 3 is 2.67 bits per heavy atom. The lowest BCUT2D eigenvalue weighted by molar-refractivity contribution is -0.107. The van der Waals surface area contributed by atoms with Crippen molar-refractivity contribution in [1.29, 1.82) is 0 Å². The molecule has 2 heteroatoms. The third kappa shape index (κ3) is 7.63. The van der Waals surface area contributed by atoms with Crippen molar-refractivity contribution in [3.05, 3.63) is 0 Å². The molecule has 0 aliphatic rings. The predicted molar refractivity (Wildman–Crippen MR) is 36.2 cm³/mol. The molecule has 0 aromatic rings. The minimum absolute atomic E-state index is 0.211. The third-order valence-electron chi connectivity index (χ3n) is 1.19. The zero-order valence-electron chi connectivity index (χ0n) is 5.84. The summed E-state index contributed by atoms with van der Waals surface area (Å²) in [6, 6.07) is 0. The van der Waals surface area contributed by atoms with Gasteiger partial charge in [-0.2, -0.15) is 0 Å². The topological polar surface area (TPSA) is 37.3 Å². The molecule has 1 atom stereocenters. The highest BCUT2D eigenvalue weighted by Gasteiger charge is 1.93. The molecule has 0 amide bonds. The van der Waals surface area contributed by atoms with Crippen LogP contribution in [0.3, 0.4) is 0 Å². The maximum atomic E-state index is 9.79. The molecule has 54 valence electrons. The van der Waals surface area contributed by atoms with Crippen LogP contribution in [0.25, 0.3) is 0 Å². The van der Waals surface area contributed by atoms with Crippen LogP contribution in [0.15, 0.2) is 0 Å². The van der Waals surface area contributed by atoms with Crippen LogP contribution in [0.1, 0.15) is 32.6 Å². The predicted octanol–water partition coefficient (Wildman–Crippen LogP) is 1.13. The largest absolute Gasteiger partial charge is 0.393 e. The summed E-state index contributed by atoms with van der Waals surface area (Å²) in [6.45, 7) is 1.76. The normalized spacial score (nSPS) is 13.1. The molecular formula is C7H14O2. The van der Waals surface area contributed by atoms with E-state index in [1.54, 1.807) is 6.92 Å². The van der Waals surface area contributed by atoms with Crippen LogP contribution in [-0.2, 0) is 4.79 Å². The van der Waals surface area contributed by atoms with Crippen molar-refractivity contribution in [2.45, 2.75) is 38.7 Å². The summed E-state index contributed by atoms with van der Waals surface area (Å²) >= 11 is 0. The summed E-state index contributed by atoms with van der Waals surface area (Å²) in [5, 5.41) is 8.76. The molecule has 0 rings (SSSR count). The Balaban J connectivity index is 2.82.